The Bertz CT molecular complexity index is 943. The van der Waals surface area contributed by atoms with Gasteiger partial charge >= 0.3 is 6.09 Å². The van der Waals surface area contributed by atoms with Gasteiger partial charge in [-0.2, -0.15) is 10.2 Å². The van der Waals surface area contributed by atoms with E-state index in [1.54, 1.807) is 58.5 Å². The van der Waals surface area contributed by atoms with Crippen molar-refractivity contribution in [2.75, 3.05) is 38.1 Å². The Labute approximate surface area is 180 Å². The van der Waals surface area contributed by atoms with Gasteiger partial charge in [-0.05, 0) is 33.3 Å². The molecule has 1 N–H and O–H groups in total. The van der Waals surface area contributed by atoms with Crippen molar-refractivity contribution >= 4 is 23.6 Å². The highest BCUT2D eigenvalue weighted by Gasteiger charge is 2.29. The van der Waals surface area contributed by atoms with Crippen molar-refractivity contribution in [2.45, 2.75) is 40.3 Å². The van der Waals surface area contributed by atoms with E-state index in [1.165, 1.54) is 0 Å². The van der Waals surface area contributed by atoms with Gasteiger partial charge in [-0.15, -0.1) is 0 Å². The van der Waals surface area contributed by atoms with Gasteiger partial charge in [0.05, 0.1) is 24.2 Å². The van der Waals surface area contributed by atoms with Crippen LogP contribution in [0, 0.1) is 13.8 Å². The van der Waals surface area contributed by atoms with Gasteiger partial charge in [-0.3, -0.25) is 19.0 Å². The van der Waals surface area contributed by atoms with Crippen LogP contribution in [0.4, 0.5) is 10.5 Å². The number of aryl methyl sites for hydroxylation is 2. The molecule has 0 bridgehead atoms. The quantitative estimate of drug-likeness (QED) is 0.735. The van der Waals surface area contributed by atoms with E-state index in [2.05, 4.69) is 15.5 Å². The Morgan fingerprint density at radius 1 is 1.13 bits per heavy atom. The van der Waals surface area contributed by atoms with Gasteiger partial charge in [-0.25, -0.2) is 4.79 Å². The number of hydrogen-bond acceptors (Lipinski definition) is 6. The van der Waals surface area contributed by atoms with Gasteiger partial charge in [0.2, 0.25) is 11.8 Å². The van der Waals surface area contributed by atoms with Gasteiger partial charge in [0.15, 0.2) is 0 Å². The van der Waals surface area contributed by atoms with E-state index in [9.17, 15) is 14.4 Å². The Balaban J connectivity index is 1.57. The van der Waals surface area contributed by atoms with Crippen LogP contribution in [0.25, 0.3) is 0 Å². The molecule has 0 aliphatic carbocycles. The van der Waals surface area contributed by atoms with Gasteiger partial charge in [0.25, 0.3) is 0 Å². The van der Waals surface area contributed by atoms with Gasteiger partial charge in [-0.1, -0.05) is 0 Å². The first-order chi connectivity index (χ1) is 14.8. The Hall–Kier alpha value is -3.37. The molecule has 1 saturated heterocycles. The van der Waals surface area contributed by atoms with Crippen LogP contribution in [0.15, 0.2) is 18.6 Å². The average Bonchev–Trinajstić information content (AvgIpc) is 3.32. The number of nitrogens with zero attached hydrogens (tertiary/aromatic N) is 6. The second-order valence-electron chi connectivity index (χ2n) is 7.56. The lowest BCUT2D eigenvalue weighted by Crippen LogP contribution is -2.52. The first kappa shape index (κ1) is 22.3. The Morgan fingerprint density at radius 2 is 1.81 bits per heavy atom. The maximum absolute atomic E-state index is 12.9. The summed E-state index contributed by atoms with van der Waals surface area (Å²) in [6, 6.07) is -0.535. The van der Waals surface area contributed by atoms with E-state index in [-0.39, 0.29) is 24.5 Å². The van der Waals surface area contributed by atoms with Crippen LogP contribution in [0.1, 0.15) is 31.1 Å². The second-order valence-corrected chi connectivity index (χ2v) is 7.56. The summed E-state index contributed by atoms with van der Waals surface area (Å²) < 4.78 is 8.13. The van der Waals surface area contributed by atoms with Crippen LogP contribution in [0.3, 0.4) is 0 Å². The summed E-state index contributed by atoms with van der Waals surface area (Å²) in [4.78, 5) is 40.4. The number of carbonyl (C=O) groups is 3. The van der Waals surface area contributed by atoms with Gasteiger partial charge in [0.1, 0.15) is 12.6 Å². The van der Waals surface area contributed by atoms with Gasteiger partial charge in [0, 0.05) is 38.6 Å². The molecule has 3 heterocycles. The van der Waals surface area contributed by atoms with Crippen molar-refractivity contribution < 1.29 is 19.1 Å². The van der Waals surface area contributed by atoms with Crippen molar-refractivity contribution in [3.05, 3.63) is 29.8 Å². The molecule has 1 aliphatic rings. The minimum Gasteiger partial charge on any atom is -0.450 e. The SMILES string of the molecule is CCOC(=O)N1CCN(C(=O)C(C)n2cc(NC(=O)Cn3cc(C)cn3)c(C)n2)CC1. The molecule has 11 nitrogen and oxygen atoms in total. The van der Waals surface area contributed by atoms with Crippen molar-refractivity contribution in [2.24, 2.45) is 0 Å². The highest BCUT2D eigenvalue weighted by molar-refractivity contribution is 5.91. The summed E-state index contributed by atoms with van der Waals surface area (Å²) in [6.07, 6.45) is 4.80. The molecule has 3 rings (SSSR count). The smallest absolute Gasteiger partial charge is 0.409 e. The molecule has 0 radical (unpaired) electrons. The maximum atomic E-state index is 12.9. The fourth-order valence-corrected chi connectivity index (χ4v) is 3.39. The lowest BCUT2D eigenvalue weighted by atomic mass is 10.2. The normalized spacial score (nSPS) is 15.0. The molecule has 2 aromatic rings. The lowest BCUT2D eigenvalue weighted by molar-refractivity contribution is -0.136. The van der Waals surface area contributed by atoms with E-state index in [0.717, 1.165) is 5.56 Å². The summed E-state index contributed by atoms with van der Waals surface area (Å²) in [5, 5.41) is 11.3. The van der Waals surface area contributed by atoms with Crippen LogP contribution >= 0.6 is 0 Å². The average molecular weight is 431 g/mol. The zero-order valence-corrected chi connectivity index (χ0v) is 18.4. The fraction of sp³-hybridized carbons (Fsp3) is 0.550. The molecule has 0 spiro atoms. The molecule has 3 amide bonds. The number of amides is 3. The first-order valence-corrected chi connectivity index (χ1v) is 10.3. The van der Waals surface area contributed by atoms with Crippen LogP contribution in [0.2, 0.25) is 0 Å². The molecule has 1 atom stereocenters. The fourth-order valence-electron chi connectivity index (χ4n) is 3.39. The van der Waals surface area contributed by atoms with Crippen LogP contribution in [-0.4, -0.2) is 80.1 Å². The van der Waals surface area contributed by atoms with Gasteiger partial charge < -0.3 is 19.9 Å². The molecule has 11 heteroatoms. The summed E-state index contributed by atoms with van der Waals surface area (Å²) in [7, 11) is 0. The molecule has 2 aromatic heterocycles. The van der Waals surface area contributed by atoms with Crippen molar-refractivity contribution in [3.63, 3.8) is 0 Å². The summed E-state index contributed by atoms with van der Waals surface area (Å²) in [5.74, 6) is -0.310. The van der Waals surface area contributed by atoms with E-state index in [1.807, 2.05) is 6.92 Å². The predicted molar refractivity (Wildman–Crippen MR) is 112 cm³/mol. The third-order valence-corrected chi connectivity index (χ3v) is 5.13. The predicted octanol–water partition coefficient (Wildman–Crippen LogP) is 1.20. The number of anilines is 1. The van der Waals surface area contributed by atoms with E-state index >= 15 is 0 Å². The van der Waals surface area contributed by atoms with E-state index < -0.39 is 6.04 Å². The number of ether oxygens (including phenoxy) is 1. The summed E-state index contributed by atoms with van der Waals surface area (Å²) in [6.45, 7) is 9.39. The highest BCUT2D eigenvalue weighted by Crippen LogP contribution is 2.19. The number of nitrogens with one attached hydrogen (secondary N) is 1. The minimum atomic E-state index is -0.535. The maximum Gasteiger partial charge on any atom is 0.409 e. The minimum absolute atomic E-state index is 0.0871. The first-order valence-electron chi connectivity index (χ1n) is 10.3. The molecular formula is C20H29N7O4. The van der Waals surface area contributed by atoms with Crippen molar-refractivity contribution in [3.8, 4) is 0 Å². The van der Waals surface area contributed by atoms with Crippen molar-refractivity contribution in [1.82, 2.24) is 29.4 Å². The molecule has 31 heavy (non-hydrogen) atoms. The summed E-state index contributed by atoms with van der Waals surface area (Å²) >= 11 is 0. The summed E-state index contributed by atoms with van der Waals surface area (Å²) in [5.41, 5.74) is 2.16. The van der Waals surface area contributed by atoms with Crippen LogP contribution < -0.4 is 5.32 Å². The van der Waals surface area contributed by atoms with Crippen LogP contribution in [-0.2, 0) is 20.9 Å². The Morgan fingerprint density at radius 3 is 2.42 bits per heavy atom. The highest BCUT2D eigenvalue weighted by atomic mass is 16.6. The monoisotopic (exact) mass is 431 g/mol. The number of hydrogen-bond donors (Lipinski definition) is 1. The second kappa shape index (κ2) is 9.63. The largest absolute Gasteiger partial charge is 0.450 e. The third-order valence-electron chi connectivity index (χ3n) is 5.13. The number of aromatic nitrogens is 4. The zero-order valence-electron chi connectivity index (χ0n) is 18.4. The number of piperazine rings is 1. The molecule has 168 valence electrons. The van der Waals surface area contributed by atoms with Crippen LogP contribution in [0.5, 0.6) is 0 Å². The molecule has 1 fully saturated rings. The van der Waals surface area contributed by atoms with E-state index in [0.29, 0.717) is 44.2 Å². The third kappa shape index (κ3) is 5.41. The van der Waals surface area contributed by atoms with Crippen molar-refractivity contribution in [1.29, 1.82) is 0 Å². The lowest BCUT2D eigenvalue weighted by Gasteiger charge is -2.35. The van der Waals surface area contributed by atoms with E-state index in [4.69, 9.17) is 4.74 Å². The zero-order chi connectivity index (χ0) is 22.5. The molecule has 0 saturated carbocycles. The number of rotatable bonds is 6. The Kier molecular flexibility index (Phi) is 6.93. The molecule has 0 aromatic carbocycles. The molecule has 1 unspecified atom stereocenters. The molecule has 1 aliphatic heterocycles. The standard InChI is InChI=1S/C20H29N7O4/c1-5-31-20(30)25-8-6-24(7-9-25)19(29)16(4)27-12-17(15(3)23-27)22-18(28)13-26-11-14(2)10-21-26/h10-12,16H,5-9,13H2,1-4H3,(H,22,28). The molecular weight excluding hydrogens is 402 g/mol. The number of carbonyl (C=O) groups excluding carboxylic acids is 3. The topological polar surface area (TPSA) is 115 Å².